The van der Waals surface area contributed by atoms with Crippen molar-refractivity contribution >= 4 is 68.6 Å². The zero-order valence-corrected chi connectivity index (χ0v) is 41.9. The van der Waals surface area contributed by atoms with Crippen molar-refractivity contribution in [3.8, 4) is 33.4 Å². The monoisotopic (exact) mass is 899 g/mol. The number of hydrogen-bond acceptors (Lipinski definition) is 3. The second-order valence-electron chi connectivity index (χ2n) is 23.2. The number of furan rings is 1. The molecule has 0 atom stereocenters. The summed E-state index contributed by atoms with van der Waals surface area (Å²) in [4.78, 5) is 2.66. The molecule has 1 aromatic heterocycles. The van der Waals surface area contributed by atoms with E-state index in [1.54, 1.807) is 0 Å². The van der Waals surface area contributed by atoms with Crippen LogP contribution in [0.25, 0.3) is 55.3 Å². The Kier molecular flexibility index (Phi) is 9.85. The highest BCUT2D eigenvalue weighted by atomic mass is 16.3. The molecule has 3 nitrogen and oxygen atoms in total. The number of anilines is 5. The number of fused-ring (bicyclic) bond motifs is 8. The smallest absolute Gasteiger partial charge is 0.198 e. The third kappa shape index (κ3) is 7.16. The van der Waals surface area contributed by atoms with Crippen LogP contribution in [-0.2, 0) is 21.7 Å². The van der Waals surface area contributed by atoms with Gasteiger partial charge >= 0.3 is 0 Å². The zero-order valence-electron chi connectivity index (χ0n) is 41.9. The quantitative estimate of drug-likeness (QED) is 0.169. The van der Waals surface area contributed by atoms with Crippen LogP contribution in [0.1, 0.15) is 109 Å². The fourth-order valence-electron chi connectivity index (χ4n) is 12.3. The molecule has 0 saturated heterocycles. The van der Waals surface area contributed by atoms with Crippen molar-refractivity contribution in [3.63, 3.8) is 0 Å². The highest BCUT2D eigenvalue weighted by Crippen LogP contribution is 2.54. The number of benzene rings is 8. The summed E-state index contributed by atoms with van der Waals surface area (Å²) >= 11 is 0. The van der Waals surface area contributed by atoms with Gasteiger partial charge in [-0.15, -0.1) is 0 Å². The molecule has 0 spiro atoms. The average Bonchev–Trinajstić information content (AvgIpc) is 3.73. The predicted molar refractivity (Wildman–Crippen MR) is 296 cm³/mol. The van der Waals surface area contributed by atoms with Crippen molar-refractivity contribution < 1.29 is 4.42 Å². The van der Waals surface area contributed by atoms with E-state index in [4.69, 9.17) is 4.42 Å². The first-order valence-electron chi connectivity index (χ1n) is 25.3. The molecule has 3 aliphatic rings. The van der Waals surface area contributed by atoms with E-state index in [1.165, 1.54) is 101 Å². The van der Waals surface area contributed by atoms with Crippen LogP contribution in [0, 0.1) is 6.92 Å². The average molecular weight is 899 g/mol. The van der Waals surface area contributed by atoms with Crippen molar-refractivity contribution in [2.75, 3.05) is 10.2 Å². The van der Waals surface area contributed by atoms with Crippen molar-refractivity contribution in [1.29, 1.82) is 0 Å². The molecule has 69 heavy (non-hydrogen) atoms. The SMILES string of the molecule is Cc1cc2c(cc1N1c3cc(-c4ccccc4)ccc3Bc3c(-c4cc5c(cc4Nc4ccc(-c6ccccc6)cc4)C(C)(C)CCC5(C)C)cc4oc5ccccc5c4c31)C(C)(C)CCC2(C)C. The van der Waals surface area contributed by atoms with Crippen molar-refractivity contribution in [3.05, 3.63) is 186 Å². The molecule has 0 fully saturated rings. The summed E-state index contributed by atoms with van der Waals surface area (Å²) < 4.78 is 7.08. The van der Waals surface area contributed by atoms with Gasteiger partial charge in [0, 0.05) is 33.7 Å². The molecule has 0 amide bonds. The number of aryl methyl sites for hydroxylation is 1. The lowest BCUT2D eigenvalue weighted by Gasteiger charge is -2.44. The van der Waals surface area contributed by atoms with Crippen LogP contribution in [0.2, 0.25) is 0 Å². The number of hydrogen-bond donors (Lipinski definition) is 1. The fraction of sp³-hybridized carbons (Fsp3) is 0.262. The normalized spacial score (nSPS) is 17.1. The van der Waals surface area contributed by atoms with Gasteiger partial charge in [0.1, 0.15) is 11.2 Å². The molecule has 0 bridgehead atoms. The maximum Gasteiger partial charge on any atom is 0.198 e. The Labute approximate surface area is 409 Å². The minimum Gasteiger partial charge on any atom is -0.456 e. The van der Waals surface area contributed by atoms with Gasteiger partial charge < -0.3 is 14.6 Å². The van der Waals surface area contributed by atoms with Crippen molar-refractivity contribution in [2.24, 2.45) is 0 Å². The summed E-state index contributed by atoms with van der Waals surface area (Å²) in [7, 11) is 0.778. The predicted octanol–water partition coefficient (Wildman–Crippen LogP) is 16.5. The number of nitrogens with one attached hydrogen (secondary N) is 1. The van der Waals surface area contributed by atoms with Crippen LogP contribution in [0.3, 0.4) is 0 Å². The lowest BCUT2D eigenvalue weighted by atomic mass is 9.57. The molecule has 0 unspecified atom stereocenters. The number of nitrogens with zero attached hydrogens (tertiary/aromatic N) is 1. The number of rotatable bonds is 6. The maximum atomic E-state index is 7.08. The van der Waals surface area contributed by atoms with Gasteiger partial charge in [-0.2, -0.15) is 0 Å². The van der Waals surface area contributed by atoms with Gasteiger partial charge in [-0.3, -0.25) is 0 Å². The molecular formula is C65H63BN2O. The van der Waals surface area contributed by atoms with Gasteiger partial charge in [-0.1, -0.05) is 170 Å². The third-order valence-corrected chi connectivity index (χ3v) is 16.7. The molecule has 1 aliphatic heterocycles. The summed E-state index contributed by atoms with van der Waals surface area (Å²) in [5.74, 6) is 0. The Bertz CT molecular complexity index is 3500. The molecule has 4 heteroatoms. The van der Waals surface area contributed by atoms with E-state index in [2.05, 4.69) is 230 Å². The first-order chi connectivity index (χ1) is 33.1. The Morgan fingerprint density at radius 1 is 0.478 bits per heavy atom. The van der Waals surface area contributed by atoms with Crippen LogP contribution in [0.15, 0.2) is 162 Å². The van der Waals surface area contributed by atoms with E-state index in [0.29, 0.717) is 0 Å². The summed E-state index contributed by atoms with van der Waals surface area (Å²) in [5, 5.41) is 6.36. The largest absolute Gasteiger partial charge is 0.456 e. The number of para-hydroxylation sites is 1. The molecule has 9 aromatic rings. The van der Waals surface area contributed by atoms with Crippen LogP contribution >= 0.6 is 0 Å². The Morgan fingerprint density at radius 2 is 1.01 bits per heavy atom. The second kappa shape index (κ2) is 15.6. The van der Waals surface area contributed by atoms with Crippen LogP contribution in [0.4, 0.5) is 28.4 Å². The summed E-state index contributed by atoms with van der Waals surface area (Å²) in [6.07, 6.45) is 4.60. The first kappa shape index (κ1) is 43.5. The topological polar surface area (TPSA) is 28.4 Å². The first-order valence-corrected chi connectivity index (χ1v) is 25.3. The molecule has 12 rings (SSSR count). The van der Waals surface area contributed by atoms with Gasteiger partial charge in [0.15, 0.2) is 7.28 Å². The molecule has 8 aromatic carbocycles. The maximum absolute atomic E-state index is 7.08. The van der Waals surface area contributed by atoms with Crippen LogP contribution < -0.4 is 21.1 Å². The van der Waals surface area contributed by atoms with E-state index in [-0.39, 0.29) is 21.7 Å². The molecule has 2 heterocycles. The second-order valence-corrected chi connectivity index (χ2v) is 23.2. The Balaban J connectivity index is 1.16. The summed E-state index contributed by atoms with van der Waals surface area (Å²) in [5.41, 5.74) is 24.9. The van der Waals surface area contributed by atoms with Crippen LogP contribution in [-0.4, -0.2) is 7.28 Å². The van der Waals surface area contributed by atoms with Gasteiger partial charge in [-0.05, 0) is 164 Å². The fourth-order valence-corrected chi connectivity index (χ4v) is 12.3. The van der Waals surface area contributed by atoms with Gasteiger partial charge in [0.25, 0.3) is 0 Å². The minimum atomic E-state index is 0.00624. The molecule has 0 saturated carbocycles. The highest BCUT2D eigenvalue weighted by Gasteiger charge is 2.41. The standard InChI is InChI=1S/C65H63BN2O/c1-40-34-49-52(65(8,9)33-30-62(49,2)3)39-55(40)68-56-35-44(42-20-14-11-15-21-42)26-29-53(56)66-60-48(37-58-59(61(60)68)46-22-16-17-23-57(46)69-58)47-36-50-51(64(6,7)32-31-63(50,4)5)38-54(47)67-45-27-24-43(25-28-45)41-18-12-10-13-19-41/h10-29,34-39,66-67H,30-33H2,1-9H3. The van der Waals surface area contributed by atoms with E-state index < -0.39 is 0 Å². The Hall–Kier alpha value is -6.78. The Morgan fingerprint density at radius 3 is 1.67 bits per heavy atom. The van der Waals surface area contributed by atoms with Crippen LogP contribution in [0.5, 0.6) is 0 Å². The molecule has 342 valence electrons. The summed E-state index contributed by atoms with van der Waals surface area (Å²) in [6, 6.07) is 58.9. The molecule has 2 aliphatic carbocycles. The van der Waals surface area contributed by atoms with Gasteiger partial charge in [0.05, 0.1) is 11.1 Å². The lowest BCUT2D eigenvalue weighted by molar-refractivity contribution is 0.332. The highest BCUT2D eigenvalue weighted by molar-refractivity contribution is 6.74. The summed E-state index contributed by atoms with van der Waals surface area (Å²) in [6.45, 7) is 21.9. The zero-order chi connectivity index (χ0) is 47.6. The third-order valence-electron chi connectivity index (χ3n) is 16.7. The van der Waals surface area contributed by atoms with E-state index in [0.717, 1.165) is 54.5 Å². The van der Waals surface area contributed by atoms with Crippen molar-refractivity contribution in [1.82, 2.24) is 0 Å². The van der Waals surface area contributed by atoms with Gasteiger partial charge in [0.2, 0.25) is 0 Å². The van der Waals surface area contributed by atoms with Crippen molar-refractivity contribution in [2.45, 2.75) is 110 Å². The van der Waals surface area contributed by atoms with E-state index in [1.807, 2.05) is 0 Å². The van der Waals surface area contributed by atoms with E-state index in [9.17, 15) is 0 Å². The van der Waals surface area contributed by atoms with Gasteiger partial charge in [-0.25, -0.2) is 0 Å². The lowest BCUT2D eigenvalue weighted by Crippen LogP contribution is -2.42. The molecular weight excluding hydrogens is 836 g/mol. The molecule has 0 radical (unpaired) electrons. The minimum absolute atomic E-state index is 0.00624. The molecule has 1 N–H and O–H groups in total. The van der Waals surface area contributed by atoms with E-state index >= 15 is 0 Å².